The van der Waals surface area contributed by atoms with E-state index in [2.05, 4.69) is 37.3 Å². The number of benzene rings is 1. The van der Waals surface area contributed by atoms with Crippen LogP contribution in [0.3, 0.4) is 0 Å². The molecule has 9 heteroatoms. The Balaban J connectivity index is 1.29. The van der Waals surface area contributed by atoms with Gasteiger partial charge in [0.2, 0.25) is 5.91 Å². The number of carbonyl (C=O) groups excluding carboxylic acids is 1. The predicted octanol–water partition coefficient (Wildman–Crippen LogP) is 2.77. The maximum atomic E-state index is 12.4. The molecule has 0 unspecified atom stereocenters. The molecule has 1 aliphatic heterocycles. The van der Waals surface area contributed by atoms with Gasteiger partial charge in [0.25, 0.3) is 0 Å². The summed E-state index contributed by atoms with van der Waals surface area (Å²) in [6.45, 7) is 7.03. The first-order chi connectivity index (χ1) is 15.5. The highest BCUT2D eigenvalue weighted by Gasteiger charge is 2.15. The van der Waals surface area contributed by atoms with E-state index in [9.17, 15) is 4.79 Å². The molecule has 1 saturated heterocycles. The number of aromatic amines is 1. The van der Waals surface area contributed by atoms with Crippen LogP contribution in [0.2, 0.25) is 0 Å². The summed E-state index contributed by atoms with van der Waals surface area (Å²) >= 11 is 5.36. The average Bonchev–Trinajstić information content (AvgIpc) is 3.18. The number of amides is 1. The van der Waals surface area contributed by atoms with Crippen LogP contribution in [0.25, 0.3) is 11.4 Å². The van der Waals surface area contributed by atoms with Crippen molar-refractivity contribution < 1.29 is 4.79 Å². The van der Waals surface area contributed by atoms with Gasteiger partial charge in [-0.25, -0.2) is 4.98 Å². The van der Waals surface area contributed by atoms with Crippen molar-refractivity contribution in [2.24, 2.45) is 0 Å². The van der Waals surface area contributed by atoms with Crippen molar-refractivity contribution in [3.05, 3.63) is 58.5 Å². The van der Waals surface area contributed by atoms with Crippen LogP contribution < -0.4 is 10.2 Å². The van der Waals surface area contributed by atoms with E-state index in [1.165, 1.54) is 5.56 Å². The Hall–Kier alpha value is -3.04. The van der Waals surface area contributed by atoms with Gasteiger partial charge < -0.3 is 15.1 Å². The van der Waals surface area contributed by atoms with E-state index in [0.717, 1.165) is 48.9 Å². The average molecular weight is 452 g/mol. The fourth-order valence-corrected chi connectivity index (χ4v) is 3.92. The van der Waals surface area contributed by atoms with E-state index >= 15 is 0 Å². The second-order valence-electron chi connectivity index (χ2n) is 8.21. The molecule has 2 N–H and O–H groups in total. The van der Waals surface area contributed by atoms with Crippen LogP contribution in [0.1, 0.15) is 17.5 Å². The molecule has 2 aromatic heterocycles. The smallest absolute Gasteiger partial charge is 0.222 e. The lowest BCUT2D eigenvalue weighted by Gasteiger charge is -2.33. The van der Waals surface area contributed by atoms with E-state index in [0.29, 0.717) is 24.3 Å². The molecule has 1 fully saturated rings. The van der Waals surface area contributed by atoms with Crippen molar-refractivity contribution in [2.45, 2.75) is 26.4 Å². The van der Waals surface area contributed by atoms with E-state index in [-0.39, 0.29) is 5.91 Å². The molecule has 3 aromatic rings. The zero-order valence-electron chi connectivity index (χ0n) is 18.5. The molecule has 0 bridgehead atoms. The number of hydrogen-bond acceptors (Lipinski definition) is 6. The van der Waals surface area contributed by atoms with Crippen molar-refractivity contribution in [2.75, 3.05) is 38.1 Å². The lowest BCUT2D eigenvalue weighted by molar-refractivity contribution is -0.121. The third-order valence-corrected chi connectivity index (χ3v) is 6.07. The summed E-state index contributed by atoms with van der Waals surface area (Å²) in [5, 5.41) is 10.1. The minimum absolute atomic E-state index is 0.0360. The summed E-state index contributed by atoms with van der Waals surface area (Å²) in [5.74, 6) is 1.70. The largest absolute Gasteiger partial charge is 0.354 e. The number of pyridine rings is 1. The topological polar surface area (TPSA) is 82.1 Å². The van der Waals surface area contributed by atoms with E-state index in [4.69, 9.17) is 12.2 Å². The van der Waals surface area contributed by atoms with Crippen molar-refractivity contribution in [1.29, 1.82) is 0 Å². The molecule has 168 valence electrons. The SMILES string of the molecule is Cc1ccc(-c2n[nH]c(=S)n2CCC(=O)NCc2ccc(N3CCN(C)CC3)nc2)cc1. The first kappa shape index (κ1) is 22.2. The van der Waals surface area contributed by atoms with Gasteiger partial charge in [-0.3, -0.25) is 14.5 Å². The van der Waals surface area contributed by atoms with E-state index in [1.807, 2.05) is 54.1 Å². The maximum absolute atomic E-state index is 12.4. The first-order valence-electron chi connectivity index (χ1n) is 10.9. The summed E-state index contributed by atoms with van der Waals surface area (Å²) in [5.41, 5.74) is 3.13. The van der Waals surface area contributed by atoms with Gasteiger partial charge in [-0.05, 0) is 37.8 Å². The molecular weight excluding hydrogens is 422 g/mol. The van der Waals surface area contributed by atoms with Crippen molar-refractivity contribution in [3.8, 4) is 11.4 Å². The predicted molar refractivity (Wildman–Crippen MR) is 128 cm³/mol. The summed E-state index contributed by atoms with van der Waals surface area (Å²) in [6.07, 6.45) is 2.16. The van der Waals surface area contributed by atoms with Crippen LogP contribution in [-0.4, -0.2) is 63.8 Å². The number of rotatable bonds is 7. The van der Waals surface area contributed by atoms with Gasteiger partial charge in [-0.15, -0.1) is 0 Å². The molecule has 1 aliphatic rings. The number of anilines is 1. The Bertz CT molecular complexity index is 1100. The van der Waals surface area contributed by atoms with E-state index in [1.54, 1.807) is 0 Å². The Labute approximate surface area is 193 Å². The number of likely N-dealkylation sites (N-methyl/N-ethyl adjacent to an activating group) is 1. The first-order valence-corrected chi connectivity index (χ1v) is 11.3. The third-order valence-electron chi connectivity index (χ3n) is 5.76. The molecular formula is C23H29N7OS. The van der Waals surface area contributed by atoms with Crippen LogP contribution in [0.15, 0.2) is 42.6 Å². The van der Waals surface area contributed by atoms with Gasteiger partial charge in [-0.1, -0.05) is 35.9 Å². The lowest BCUT2D eigenvalue weighted by Crippen LogP contribution is -2.44. The fourth-order valence-electron chi connectivity index (χ4n) is 3.69. The number of piperazine rings is 1. The number of hydrogen-bond donors (Lipinski definition) is 2. The number of carbonyl (C=O) groups is 1. The second-order valence-corrected chi connectivity index (χ2v) is 8.60. The molecule has 0 saturated carbocycles. The monoisotopic (exact) mass is 451 g/mol. The maximum Gasteiger partial charge on any atom is 0.222 e. The third kappa shape index (κ3) is 5.41. The summed E-state index contributed by atoms with van der Waals surface area (Å²) in [7, 11) is 2.14. The quantitative estimate of drug-likeness (QED) is 0.538. The standard InChI is InChI=1S/C23H29N7OS/c1-17-3-6-19(7-4-17)22-26-27-23(32)30(22)10-9-21(31)25-16-18-5-8-20(24-15-18)29-13-11-28(2)12-14-29/h3-8,15H,9-14,16H2,1-2H3,(H,25,31)(H,27,32). The molecule has 3 heterocycles. The molecule has 1 aromatic carbocycles. The van der Waals surface area contributed by atoms with Crippen LogP contribution in [-0.2, 0) is 17.9 Å². The Morgan fingerprint density at radius 1 is 1.12 bits per heavy atom. The molecule has 4 rings (SSSR count). The molecule has 1 amide bonds. The van der Waals surface area contributed by atoms with Gasteiger partial charge in [-0.2, -0.15) is 5.10 Å². The Kier molecular flexibility index (Phi) is 6.96. The van der Waals surface area contributed by atoms with Crippen LogP contribution in [0.4, 0.5) is 5.82 Å². The van der Waals surface area contributed by atoms with Gasteiger partial charge in [0.15, 0.2) is 10.6 Å². The molecule has 0 radical (unpaired) electrons. The minimum atomic E-state index is -0.0360. The molecule has 0 atom stereocenters. The van der Waals surface area contributed by atoms with E-state index < -0.39 is 0 Å². The Morgan fingerprint density at radius 3 is 2.56 bits per heavy atom. The fraction of sp³-hybridized carbons (Fsp3) is 0.391. The number of aryl methyl sites for hydroxylation is 1. The van der Waals surface area contributed by atoms with Crippen molar-refractivity contribution in [3.63, 3.8) is 0 Å². The normalized spacial score (nSPS) is 14.5. The van der Waals surface area contributed by atoms with Crippen LogP contribution >= 0.6 is 12.2 Å². The Morgan fingerprint density at radius 2 is 1.88 bits per heavy atom. The number of H-pyrrole nitrogens is 1. The molecule has 0 aliphatic carbocycles. The summed E-state index contributed by atoms with van der Waals surface area (Å²) < 4.78 is 2.38. The number of aromatic nitrogens is 4. The van der Waals surface area contributed by atoms with Gasteiger partial charge in [0, 0.05) is 57.4 Å². The van der Waals surface area contributed by atoms with Crippen molar-refractivity contribution in [1.82, 2.24) is 30.0 Å². The minimum Gasteiger partial charge on any atom is -0.354 e. The van der Waals surface area contributed by atoms with Gasteiger partial charge >= 0.3 is 0 Å². The molecule has 0 spiro atoms. The van der Waals surface area contributed by atoms with Crippen LogP contribution in [0.5, 0.6) is 0 Å². The highest BCUT2D eigenvalue weighted by atomic mass is 32.1. The van der Waals surface area contributed by atoms with Crippen LogP contribution in [0, 0.1) is 11.7 Å². The zero-order valence-corrected chi connectivity index (χ0v) is 19.4. The molecule has 32 heavy (non-hydrogen) atoms. The van der Waals surface area contributed by atoms with Crippen molar-refractivity contribution >= 4 is 23.9 Å². The second kappa shape index (κ2) is 10.1. The lowest BCUT2D eigenvalue weighted by atomic mass is 10.1. The highest BCUT2D eigenvalue weighted by Crippen LogP contribution is 2.18. The zero-order chi connectivity index (χ0) is 22.5. The van der Waals surface area contributed by atoms with Gasteiger partial charge in [0.05, 0.1) is 0 Å². The van der Waals surface area contributed by atoms with Gasteiger partial charge in [0.1, 0.15) is 5.82 Å². The highest BCUT2D eigenvalue weighted by molar-refractivity contribution is 7.71. The number of nitrogens with zero attached hydrogens (tertiary/aromatic N) is 5. The molecule has 8 nitrogen and oxygen atoms in total. The summed E-state index contributed by atoms with van der Waals surface area (Å²) in [6, 6.07) is 12.2. The number of nitrogens with one attached hydrogen (secondary N) is 2. The summed E-state index contributed by atoms with van der Waals surface area (Å²) in [4.78, 5) is 21.6.